The third-order valence-electron chi connectivity index (χ3n) is 3.25. The fourth-order valence-corrected chi connectivity index (χ4v) is 2.14. The number of amides is 1. The zero-order chi connectivity index (χ0) is 15.2. The Bertz CT molecular complexity index is 287. The lowest BCUT2D eigenvalue weighted by Crippen LogP contribution is -2.57. The monoisotopic (exact) mass is 279 g/mol. The van der Waals surface area contributed by atoms with E-state index in [0.29, 0.717) is 0 Å². The first-order chi connectivity index (χ1) is 8.69. The minimum Gasteiger partial charge on any atom is -0.393 e. The molecule has 1 unspecified atom stereocenters. The second kappa shape index (κ2) is 7.76. The summed E-state index contributed by atoms with van der Waals surface area (Å²) in [6, 6.07) is 0. The van der Waals surface area contributed by atoms with E-state index in [1.165, 1.54) is 0 Å². The molecule has 0 heterocycles. The van der Waals surface area contributed by atoms with Crippen molar-refractivity contribution in [1.82, 2.24) is 0 Å². The first-order valence-electron chi connectivity index (χ1n) is 6.36. The molecule has 0 aromatic heterocycles. The summed E-state index contributed by atoms with van der Waals surface area (Å²) < 4.78 is 0. The maximum atomic E-state index is 10.7. The van der Waals surface area contributed by atoms with E-state index in [-0.39, 0.29) is 12.3 Å². The summed E-state index contributed by atoms with van der Waals surface area (Å²) in [4.78, 5) is 10.7. The molecule has 19 heavy (non-hydrogen) atoms. The van der Waals surface area contributed by atoms with Gasteiger partial charge in [-0.05, 0) is 12.3 Å². The molecule has 0 aliphatic heterocycles. The van der Waals surface area contributed by atoms with Gasteiger partial charge in [0.15, 0.2) is 6.10 Å². The maximum absolute atomic E-state index is 10.7. The molecule has 0 fully saturated rings. The minimum atomic E-state index is -2.01. The third kappa shape index (κ3) is 5.04. The molecule has 0 radical (unpaired) electrons. The van der Waals surface area contributed by atoms with Gasteiger partial charge in [0, 0.05) is 0 Å². The van der Waals surface area contributed by atoms with Gasteiger partial charge in [-0.3, -0.25) is 4.79 Å². The number of carbonyl (C=O) groups excluding carboxylic acids is 1. The molecular formula is C12H25NO6. The van der Waals surface area contributed by atoms with Crippen molar-refractivity contribution in [3.8, 4) is 0 Å². The lowest BCUT2D eigenvalue weighted by molar-refractivity contribution is -0.178. The Balaban J connectivity index is 4.85. The first kappa shape index (κ1) is 18.3. The van der Waals surface area contributed by atoms with E-state index in [1.807, 2.05) is 13.8 Å². The smallest absolute Gasteiger partial charge is 0.249 e. The summed E-state index contributed by atoms with van der Waals surface area (Å²) in [6.07, 6.45) is -4.17. The zero-order valence-corrected chi connectivity index (χ0v) is 11.4. The number of aliphatic hydroxyl groups is 5. The standard InChI is InChI=1S/C12H25NO6/c1-3-4-7(2)5-12(19,6-14)10(17)8(15)9(16)11(13)18/h7-10,14-17,19H,3-6H2,1-2H3,(H2,13,18)/t7?,8-,9-,10+,12-/m1/s1. The van der Waals surface area contributed by atoms with Gasteiger partial charge in [-0.25, -0.2) is 0 Å². The van der Waals surface area contributed by atoms with Crippen LogP contribution < -0.4 is 5.73 Å². The fourth-order valence-electron chi connectivity index (χ4n) is 2.14. The highest BCUT2D eigenvalue weighted by Gasteiger charge is 2.44. The van der Waals surface area contributed by atoms with Crippen molar-refractivity contribution < 1.29 is 30.3 Å². The van der Waals surface area contributed by atoms with Crippen LogP contribution in [-0.2, 0) is 4.79 Å². The Kier molecular flexibility index (Phi) is 7.46. The topological polar surface area (TPSA) is 144 Å². The van der Waals surface area contributed by atoms with Crippen molar-refractivity contribution in [3.05, 3.63) is 0 Å². The number of rotatable bonds is 9. The van der Waals surface area contributed by atoms with Crippen LogP contribution in [0, 0.1) is 5.92 Å². The van der Waals surface area contributed by atoms with E-state index in [1.54, 1.807) is 0 Å². The van der Waals surface area contributed by atoms with Crippen LogP contribution in [0.4, 0.5) is 0 Å². The summed E-state index contributed by atoms with van der Waals surface area (Å²) in [5, 5.41) is 48.1. The number of primary amides is 1. The second-order valence-electron chi connectivity index (χ2n) is 5.14. The molecule has 0 aromatic rings. The van der Waals surface area contributed by atoms with E-state index >= 15 is 0 Å². The lowest BCUT2D eigenvalue weighted by atomic mass is 9.82. The van der Waals surface area contributed by atoms with Gasteiger partial charge in [-0.15, -0.1) is 0 Å². The molecular weight excluding hydrogens is 254 g/mol. The van der Waals surface area contributed by atoms with Crippen LogP contribution >= 0.6 is 0 Å². The third-order valence-corrected chi connectivity index (χ3v) is 3.25. The Labute approximate surface area is 112 Å². The highest BCUT2D eigenvalue weighted by Crippen LogP contribution is 2.26. The molecule has 0 aliphatic carbocycles. The molecule has 7 nitrogen and oxygen atoms in total. The molecule has 0 bridgehead atoms. The van der Waals surface area contributed by atoms with Gasteiger partial charge < -0.3 is 31.3 Å². The molecule has 0 saturated carbocycles. The number of nitrogens with two attached hydrogens (primary N) is 1. The maximum Gasteiger partial charge on any atom is 0.249 e. The predicted molar refractivity (Wildman–Crippen MR) is 67.9 cm³/mol. The van der Waals surface area contributed by atoms with Crippen molar-refractivity contribution in [2.24, 2.45) is 11.7 Å². The Morgan fingerprint density at radius 1 is 1.32 bits per heavy atom. The van der Waals surface area contributed by atoms with Crippen molar-refractivity contribution in [3.63, 3.8) is 0 Å². The summed E-state index contributed by atoms with van der Waals surface area (Å²) in [5.74, 6) is -1.22. The average Bonchev–Trinajstić information content (AvgIpc) is 2.35. The molecule has 0 aromatic carbocycles. The Morgan fingerprint density at radius 3 is 2.21 bits per heavy atom. The summed E-state index contributed by atoms with van der Waals surface area (Å²) in [5.41, 5.74) is 2.81. The van der Waals surface area contributed by atoms with Gasteiger partial charge in [0.05, 0.1) is 6.61 Å². The molecule has 0 rings (SSSR count). The van der Waals surface area contributed by atoms with Crippen LogP contribution in [0.25, 0.3) is 0 Å². The number of hydrogen-bond donors (Lipinski definition) is 6. The van der Waals surface area contributed by atoms with Crippen molar-refractivity contribution in [2.75, 3.05) is 6.61 Å². The normalized spacial score (nSPS) is 21.2. The van der Waals surface area contributed by atoms with Crippen LogP contribution in [-0.4, -0.2) is 62.0 Å². The molecule has 7 N–H and O–H groups in total. The number of hydrogen-bond acceptors (Lipinski definition) is 6. The van der Waals surface area contributed by atoms with E-state index in [0.717, 1.165) is 12.8 Å². The van der Waals surface area contributed by atoms with Crippen molar-refractivity contribution >= 4 is 5.91 Å². The van der Waals surface area contributed by atoms with E-state index in [4.69, 9.17) is 5.73 Å². The molecule has 114 valence electrons. The van der Waals surface area contributed by atoms with E-state index < -0.39 is 36.4 Å². The summed E-state index contributed by atoms with van der Waals surface area (Å²) >= 11 is 0. The van der Waals surface area contributed by atoms with Crippen LogP contribution in [0.5, 0.6) is 0 Å². The Hall–Kier alpha value is -0.730. The highest BCUT2D eigenvalue weighted by molar-refractivity contribution is 5.79. The van der Waals surface area contributed by atoms with Crippen LogP contribution in [0.2, 0.25) is 0 Å². The fraction of sp³-hybridized carbons (Fsp3) is 0.917. The van der Waals surface area contributed by atoms with Gasteiger partial charge in [0.1, 0.15) is 17.8 Å². The van der Waals surface area contributed by atoms with Gasteiger partial charge in [0.2, 0.25) is 5.91 Å². The second-order valence-corrected chi connectivity index (χ2v) is 5.14. The van der Waals surface area contributed by atoms with Crippen LogP contribution in [0.15, 0.2) is 0 Å². The van der Waals surface area contributed by atoms with Gasteiger partial charge in [0.25, 0.3) is 0 Å². The van der Waals surface area contributed by atoms with Gasteiger partial charge in [-0.1, -0.05) is 26.7 Å². The molecule has 7 heteroatoms. The highest BCUT2D eigenvalue weighted by atomic mass is 16.4. The number of carbonyl (C=O) groups is 1. The molecule has 0 spiro atoms. The molecule has 0 aliphatic rings. The summed E-state index contributed by atoms with van der Waals surface area (Å²) in [6.45, 7) is 2.98. The SMILES string of the molecule is CCCC(C)C[C@@](O)(CO)[C@@H](O)[C@H](O)[C@@H](O)C(N)=O. The lowest BCUT2D eigenvalue weighted by Gasteiger charge is -2.36. The molecule has 5 atom stereocenters. The van der Waals surface area contributed by atoms with Crippen molar-refractivity contribution in [1.29, 1.82) is 0 Å². The average molecular weight is 279 g/mol. The van der Waals surface area contributed by atoms with E-state index in [2.05, 4.69) is 0 Å². The largest absolute Gasteiger partial charge is 0.393 e. The predicted octanol–water partition coefficient (Wildman–Crippen LogP) is -1.90. The zero-order valence-electron chi connectivity index (χ0n) is 11.4. The quantitative estimate of drug-likeness (QED) is 0.291. The van der Waals surface area contributed by atoms with Crippen LogP contribution in [0.3, 0.4) is 0 Å². The van der Waals surface area contributed by atoms with Crippen molar-refractivity contribution in [2.45, 2.75) is 57.0 Å². The first-order valence-corrected chi connectivity index (χ1v) is 6.36. The van der Waals surface area contributed by atoms with E-state index in [9.17, 15) is 30.3 Å². The van der Waals surface area contributed by atoms with Gasteiger partial charge in [-0.2, -0.15) is 0 Å². The Morgan fingerprint density at radius 2 is 1.84 bits per heavy atom. The van der Waals surface area contributed by atoms with Crippen LogP contribution in [0.1, 0.15) is 33.1 Å². The molecule has 1 amide bonds. The minimum absolute atomic E-state index is 0.00489. The number of aliphatic hydroxyl groups excluding tert-OH is 4. The summed E-state index contributed by atoms with van der Waals surface area (Å²) in [7, 11) is 0. The molecule has 0 saturated heterocycles. The van der Waals surface area contributed by atoms with Gasteiger partial charge >= 0.3 is 0 Å².